The van der Waals surface area contributed by atoms with Crippen molar-refractivity contribution in [1.29, 1.82) is 0 Å². The van der Waals surface area contributed by atoms with E-state index in [9.17, 15) is 9.59 Å². The molecule has 5 nitrogen and oxygen atoms in total. The summed E-state index contributed by atoms with van der Waals surface area (Å²) in [6, 6.07) is 13.8. The molecule has 1 aliphatic carbocycles. The van der Waals surface area contributed by atoms with E-state index in [0.717, 1.165) is 40.0 Å². The van der Waals surface area contributed by atoms with Crippen LogP contribution >= 0.6 is 11.6 Å². The molecule has 0 unspecified atom stereocenters. The van der Waals surface area contributed by atoms with E-state index < -0.39 is 0 Å². The van der Waals surface area contributed by atoms with Crippen LogP contribution in [0.3, 0.4) is 0 Å². The molecule has 0 aliphatic heterocycles. The Kier molecular flexibility index (Phi) is 4.79. The van der Waals surface area contributed by atoms with Gasteiger partial charge in [-0.15, -0.1) is 0 Å². The van der Waals surface area contributed by atoms with Gasteiger partial charge in [0.1, 0.15) is 0 Å². The fraction of sp³-hybridized carbons (Fsp3) is 0.364. The van der Waals surface area contributed by atoms with Crippen LogP contribution in [0, 0.1) is 0 Å². The Morgan fingerprint density at radius 1 is 1.11 bits per heavy atom. The molecule has 1 heterocycles. The maximum atomic E-state index is 12.4. The Morgan fingerprint density at radius 2 is 1.82 bits per heavy atom. The zero-order valence-electron chi connectivity index (χ0n) is 16.2. The molecule has 1 aliphatic rings. The van der Waals surface area contributed by atoms with E-state index in [-0.39, 0.29) is 17.0 Å². The van der Waals surface area contributed by atoms with E-state index in [4.69, 9.17) is 11.6 Å². The molecule has 1 amide bonds. The molecule has 1 aromatic heterocycles. The number of hydrogen-bond acceptors (Lipinski definition) is 2. The van der Waals surface area contributed by atoms with Gasteiger partial charge in [-0.05, 0) is 48.6 Å². The van der Waals surface area contributed by atoms with Crippen molar-refractivity contribution in [2.45, 2.75) is 31.1 Å². The Balaban J connectivity index is 1.38. The van der Waals surface area contributed by atoms with Gasteiger partial charge in [0.2, 0.25) is 5.91 Å². The highest BCUT2D eigenvalue weighted by Crippen LogP contribution is 2.49. The maximum Gasteiger partial charge on any atom is 0.328 e. The maximum absolute atomic E-state index is 12.4. The Bertz CT molecular complexity index is 1110. The fourth-order valence-electron chi connectivity index (χ4n) is 3.91. The summed E-state index contributed by atoms with van der Waals surface area (Å²) < 4.78 is 3.27. The van der Waals surface area contributed by atoms with E-state index in [2.05, 4.69) is 11.4 Å². The van der Waals surface area contributed by atoms with Gasteiger partial charge in [-0.2, -0.15) is 0 Å². The molecule has 0 saturated heterocycles. The highest BCUT2D eigenvalue weighted by molar-refractivity contribution is 6.31. The van der Waals surface area contributed by atoms with E-state index >= 15 is 0 Å². The lowest BCUT2D eigenvalue weighted by Crippen LogP contribution is -2.32. The monoisotopic (exact) mass is 397 g/mol. The Hall–Kier alpha value is -2.53. The average Bonchev–Trinajstić information content (AvgIpc) is 3.46. The van der Waals surface area contributed by atoms with E-state index in [1.54, 1.807) is 23.2 Å². The molecule has 1 fully saturated rings. The summed E-state index contributed by atoms with van der Waals surface area (Å²) in [5.41, 5.74) is 3.93. The first-order chi connectivity index (χ1) is 13.4. The summed E-state index contributed by atoms with van der Waals surface area (Å²) in [7, 11) is 3.54. The van der Waals surface area contributed by atoms with Gasteiger partial charge >= 0.3 is 5.69 Å². The van der Waals surface area contributed by atoms with Crippen molar-refractivity contribution in [2.75, 3.05) is 6.54 Å². The van der Waals surface area contributed by atoms with Crippen LogP contribution in [-0.2, 0) is 30.7 Å². The van der Waals surface area contributed by atoms with Crippen LogP contribution in [0.5, 0.6) is 0 Å². The number of fused-ring (bicyclic) bond motifs is 1. The van der Waals surface area contributed by atoms with Gasteiger partial charge < -0.3 is 5.32 Å². The van der Waals surface area contributed by atoms with Gasteiger partial charge in [-0.25, -0.2) is 4.79 Å². The predicted octanol–water partition coefficient (Wildman–Crippen LogP) is 3.31. The number of hydrogen-bond donors (Lipinski definition) is 1. The summed E-state index contributed by atoms with van der Waals surface area (Å²) in [5, 5.41) is 3.86. The molecule has 3 aromatic rings. The third-order valence-corrected chi connectivity index (χ3v) is 6.23. The van der Waals surface area contributed by atoms with Crippen molar-refractivity contribution >= 4 is 28.5 Å². The highest BCUT2D eigenvalue weighted by Gasteiger charge is 2.45. The zero-order chi connectivity index (χ0) is 19.9. The van der Waals surface area contributed by atoms with Crippen molar-refractivity contribution in [3.05, 3.63) is 69.1 Å². The molecular formula is C22H24ClN3O2. The van der Waals surface area contributed by atoms with Crippen LogP contribution in [0.25, 0.3) is 11.0 Å². The number of nitrogens with one attached hydrogen (secondary N) is 1. The number of carbonyl (C=O) groups excluding carboxylic acids is 1. The number of benzene rings is 2. The van der Waals surface area contributed by atoms with Gasteiger partial charge in [0.15, 0.2) is 0 Å². The van der Waals surface area contributed by atoms with Crippen molar-refractivity contribution in [1.82, 2.24) is 14.5 Å². The van der Waals surface area contributed by atoms with Gasteiger partial charge in [0.25, 0.3) is 0 Å². The summed E-state index contributed by atoms with van der Waals surface area (Å²) in [6.07, 6.45) is 3.17. The van der Waals surface area contributed by atoms with E-state index in [1.807, 2.05) is 36.4 Å². The number of halogens is 1. The lowest BCUT2D eigenvalue weighted by Gasteiger charge is -2.18. The largest absolute Gasteiger partial charge is 0.355 e. The molecule has 2 aromatic carbocycles. The first-order valence-corrected chi connectivity index (χ1v) is 9.95. The van der Waals surface area contributed by atoms with Crippen molar-refractivity contribution in [3.8, 4) is 0 Å². The lowest BCUT2D eigenvalue weighted by atomic mass is 9.95. The molecule has 0 bridgehead atoms. The lowest BCUT2D eigenvalue weighted by molar-refractivity contribution is -0.121. The minimum atomic E-state index is -0.0424. The second-order valence-corrected chi connectivity index (χ2v) is 8.17. The number of aromatic nitrogens is 2. The normalized spacial score (nSPS) is 15.0. The second kappa shape index (κ2) is 7.13. The predicted molar refractivity (Wildman–Crippen MR) is 112 cm³/mol. The van der Waals surface area contributed by atoms with Crippen LogP contribution < -0.4 is 11.0 Å². The minimum Gasteiger partial charge on any atom is -0.355 e. The van der Waals surface area contributed by atoms with Gasteiger partial charge in [0, 0.05) is 37.5 Å². The molecule has 0 atom stereocenters. The smallest absolute Gasteiger partial charge is 0.328 e. The zero-order valence-corrected chi connectivity index (χ0v) is 16.9. The molecule has 28 heavy (non-hydrogen) atoms. The van der Waals surface area contributed by atoms with Crippen molar-refractivity contribution < 1.29 is 4.79 Å². The van der Waals surface area contributed by atoms with Gasteiger partial charge in [-0.3, -0.25) is 13.9 Å². The number of nitrogens with zero attached hydrogens (tertiary/aromatic N) is 2. The quantitative estimate of drug-likeness (QED) is 0.693. The summed E-state index contributed by atoms with van der Waals surface area (Å²) in [6.45, 7) is 0.627. The Labute approximate surface area is 168 Å². The molecule has 1 N–H and O–H groups in total. The molecule has 1 saturated carbocycles. The second-order valence-electron chi connectivity index (χ2n) is 7.76. The number of amides is 1. The third kappa shape index (κ3) is 3.35. The molecule has 6 heteroatoms. The molecule has 0 radical (unpaired) electrons. The van der Waals surface area contributed by atoms with E-state index in [0.29, 0.717) is 19.4 Å². The molecule has 146 valence electrons. The molecule has 0 spiro atoms. The summed E-state index contributed by atoms with van der Waals surface area (Å²) >= 11 is 6.34. The fourth-order valence-corrected chi connectivity index (χ4v) is 4.24. The van der Waals surface area contributed by atoms with Crippen molar-refractivity contribution in [2.24, 2.45) is 14.1 Å². The number of imidazole rings is 1. The van der Waals surface area contributed by atoms with E-state index in [1.165, 1.54) is 0 Å². The van der Waals surface area contributed by atoms with Crippen LogP contribution in [0.15, 0.2) is 47.3 Å². The van der Waals surface area contributed by atoms with Crippen LogP contribution in [0.1, 0.15) is 30.4 Å². The number of aryl methyl sites for hydroxylation is 3. The minimum absolute atomic E-state index is 0.00473. The number of carbonyl (C=O) groups is 1. The van der Waals surface area contributed by atoms with Crippen LogP contribution in [0.4, 0.5) is 0 Å². The van der Waals surface area contributed by atoms with Crippen LogP contribution in [-0.4, -0.2) is 21.6 Å². The number of rotatable bonds is 6. The topological polar surface area (TPSA) is 56.0 Å². The standard InChI is InChI=1S/C22H24ClN3O2/c1-25-18-9-7-15(13-19(18)26(2)21(25)28)8-10-20(27)24-14-22(11-12-22)16-5-3-4-6-17(16)23/h3-7,9,13H,8,10-12,14H2,1-2H3,(H,24,27). The first-order valence-electron chi connectivity index (χ1n) is 9.57. The van der Waals surface area contributed by atoms with Crippen LogP contribution in [0.2, 0.25) is 5.02 Å². The SMILES string of the molecule is Cn1c(=O)n(C)c2cc(CCC(=O)NCC3(c4ccccc4Cl)CC3)ccc21. The Morgan fingerprint density at radius 3 is 2.54 bits per heavy atom. The summed E-state index contributed by atoms with van der Waals surface area (Å²) in [5.74, 6) is 0.0420. The summed E-state index contributed by atoms with van der Waals surface area (Å²) in [4.78, 5) is 24.4. The van der Waals surface area contributed by atoms with Gasteiger partial charge in [0.05, 0.1) is 11.0 Å². The average molecular weight is 398 g/mol. The highest BCUT2D eigenvalue weighted by atomic mass is 35.5. The molecular weight excluding hydrogens is 374 g/mol. The van der Waals surface area contributed by atoms with Gasteiger partial charge in [-0.1, -0.05) is 35.9 Å². The third-order valence-electron chi connectivity index (χ3n) is 5.90. The molecule has 4 rings (SSSR count). The first kappa shape index (κ1) is 18.8. The van der Waals surface area contributed by atoms with Crippen molar-refractivity contribution in [3.63, 3.8) is 0 Å².